The van der Waals surface area contributed by atoms with E-state index in [4.69, 9.17) is 19.3 Å². The Bertz CT molecular complexity index is 4420. The van der Waals surface area contributed by atoms with Crippen molar-refractivity contribution in [3.8, 4) is 0 Å². The number of carbonyl (C=O) groups excluding carboxylic acids is 4. The standard InChI is InChI=1S/2C18H15S.3C13H18F2O5S.C11H18O.C3H3F3O4S.C2H2F2O5S.CH4.ClH.3Na/c2*1-4-10-16(11-5-1)19(17-12-6-2-7-13-17)18-14-8-3-9-15-18;3*14-13(15,21-20-19-17)11(16)18-7-12-4-8-1-9(5-12)3-10(2-8)6-12;12-7-11-4-8-1-9(5-11)3-10(2-8)6-11;1-10-2(7)3(4,5)11(6,8)9;3-2(4,1(5)6)10(7,8)9;;;;;/h2*1-15H;3*8-10,17H,1-7H2;8-10,12H,1-7H2;1H3;(H,5,6)(H,7,8,9);1H4;1H;;;/q2*+1;;;;;;;;;3*+1/p-4. The van der Waals surface area contributed by atoms with E-state index in [-0.39, 0.29) is 166 Å². The molecule has 16 fully saturated rings. The van der Waals surface area contributed by atoms with Crippen molar-refractivity contribution in [3.05, 3.63) is 182 Å². The minimum absolute atomic E-state index is 0. The van der Waals surface area contributed by atoms with E-state index in [1.54, 1.807) is 0 Å². The van der Waals surface area contributed by atoms with Crippen LogP contribution in [0.25, 0.3) is 0 Å². The quantitative estimate of drug-likeness (QED) is 0.00421. The SMILES string of the molecule is C.COC(=O)C(F)(F)S(=O)(=O)F.Cl.O=C(O)C(F)(F)S(=O)(=O)[O-].O=C(OCC12CC3CC(CC(C3)C1)C2)C(F)(F)SOO[O-].O=C(OCC12CC3CC(CC(C3)C1)C2)C(F)(F)SOO[O-].O=C(OCC12CC3CC(CC(C3)C1)C2)C(F)(F)SOO[O-].OCC12CC3CC(CC(C3)C1)C2.[Na+].[Na+].[Na+].c1ccc([S+](c2ccccc2)c2ccccc2)cc1.c1ccc([S+](c2ccccc2)c2ccccc2)cc1. The number of hydrogen-bond donors (Lipinski definition) is 2. The number of carboxylic acid groups (broad SMARTS) is 1. The smallest absolute Gasteiger partial charge is 0.743 e. The van der Waals surface area contributed by atoms with E-state index in [1.807, 2.05) is 0 Å². The molecule has 754 valence electrons. The van der Waals surface area contributed by atoms with Gasteiger partial charge in [0.05, 0.1) is 48.7 Å². The zero-order chi connectivity index (χ0) is 97.1. The van der Waals surface area contributed by atoms with Gasteiger partial charge in [0.2, 0.25) is 0 Å². The summed E-state index contributed by atoms with van der Waals surface area (Å²) in [4.78, 5) is 61.7. The van der Waals surface area contributed by atoms with Crippen LogP contribution < -0.4 is 104 Å². The fraction of sp³-hybridized carbons (Fsp3) is 0.554. The molecule has 6 aromatic carbocycles. The molecular formula is C92H108ClF11Na3O25S7+. The summed E-state index contributed by atoms with van der Waals surface area (Å²) < 4.78 is 214. The Balaban J connectivity index is 0.000000245. The van der Waals surface area contributed by atoms with Gasteiger partial charge in [0, 0.05) is 22.9 Å². The van der Waals surface area contributed by atoms with E-state index in [0.717, 1.165) is 75.5 Å². The molecule has 25 nitrogen and oxygen atoms in total. The van der Waals surface area contributed by atoms with Gasteiger partial charge in [-0.15, -0.1) is 12.4 Å². The van der Waals surface area contributed by atoms with Gasteiger partial charge in [-0.3, -0.25) is 15.1 Å². The maximum absolute atomic E-state index is 13.3. The van der Waals surface area contributed by atoms with Crippen LogP contribution in [0, 0.1) is 92.7 Å². The molecule has 0 aromatic heterocycles. The normalized spacial score (nSPS) is 26.8. The number of aliphatic hydroxyl groups is 1. The molecule has 16 saturated carbocycles. The Morgan fingerprint density at radius 3 is 0.669 bits per heavy atom. The van der Waals surface area contributed by atoms with Crippen molar-refractivity contribution in [2.24, 2.45) is 92.7 Å². The average Bonchev–Trinajstić information content (AvgIpc) is 0.755. The van der Waals surface area contributed by atoms with E-state index in [2.05, 4.69) is 215 Å². The zero-order valence-electron chi connectivity index (χ0n) is 75.8. The van der Waals surface area contributed by atoms with E-state index < -0.39 is 113 Å². The first kappa shape index (κ1) is 124. The minimum Gasteiger partial charge on any atom is -0.743 e. The van der Waals surface area contributed by atoms with Crippen molar-refractivity contribution < 1.29 is 255 Å². The van der Waals surface area contributed by atoms with Gasteiger partial charge in [0.1, 0.15) is 36.1 Å². The third-order valence-corrected chi connectivity index (χ3v) is 34.4. The molecule has 16 aliphatic rings. The topological polar surface area (TPSA) is 379 Å². The first-order valence-corrected chi connectivity index (χ1v) is 50.8. The van der Waals surface area contributed by atoms with Gasteiger partial charge in [0.25, 0.3) is 0 Å². The Hall–Kier alpha value is -3.60. The van der Waals surface area contributed by atoms with Crippen molar-refractivity contribution in [1.29, 1.82) is 0 Å². The predicted octanol–water partition coefficient (Wildman–Crippen LogP) is 9.72. The first-order chi connectivity index (χ1) is 63.4. The minimum atomic E-state index is -6.22. The molecule has 16 bridgehead atoms. The Morgan fingerprint density at radius 1 is 0.360 bits per heavy atom. The number of carboxylic acids is 1. The molecule has 0 saturated heterocycles. The van der Waals surface area contributed by atoms with Crippen LogP contribution in [-0.2, 0) is 113 Å². The molecule has 139 heavy (non-hydrogen) atoms. The summed E-state index contributed by atoms with van der Waals surface area (Å²) in [5, 5.41) is 31.9. The number of ether oxygens (including phenoxy) is 4. The number of halogens is 12. The molecule has 0 amide bonds. The van der Waals surface area contributed by atoms with Gasteiger partial charge >= 0.3 is 155 Å². The number of aliphatic hydroxyl groups excluding tert-OH is 1. The number of benzene rings is 6. The fourth-order valence-electron chi connectivity index (χ4n) is 23.5. The number of alkyl halides is 10. The van der Waals surface area contributed by atoms with Crippen molar-refractivity contribution >= 4 is 121 Å². The van der Waals surface area contributed by atoms with Gasteiger partial charge in [-0.25, -0.2) is 32.4 Å². The number of carbonyl (C=O) groups is 5. The van der Waals surface area contributed by atoms with Crippen molar-refractivity contribution in [1.82, 2.24) is 0 Å². The summed E-state index contributed by atoms with van der Waals surface area (Å²) in [6, 6.07) is 64.3. The van der Waals surface area contributed by atoms with E-state index in [1.165, 1.54) is 126 Å². The summed E-state index contributed by atoms with van der Waals surface area (Å²) in [5.74, 6) is -1.60. The van der Waals surface area contributed by atoms with Crippen LogP contribution in [0.4, 0.5) is 47.8 Å². The van der Waals surface area contributed by atoms with Gasteiger partial charge in [-0.05, 0) is 303 Å². The largest absolute Gasteiger partial charge is 1.00 e. The van der Waals surface area contributed by atoms with Gasteiger partial charge in [-0.2, -0.15) is 65.3 Å². The number of esters is 4. The Labute approximate surface area is 892 Å². The number of methoxy groups -OCH3 is 1. The molecule has 0 heterocycles. The van der Waals surface area contributed by atoms with Crippen LogP contribution in [0.2, 0.25) is 0 Å². The van der Waals surface area contributed by atoms with Crippen molar-refractivity contribution in [2.45, 2.75) is 217 Å². The zero-order valence-corrected chi connectivity index (χ0v) is 88.3. The average molecular weight is 2150 g/mol. The van der Waals surface area contributed by atoms with Crippen LogP contribution in [-0.4, -0.2) is 121 Å². The summed E-state index contributed by atoms with van der Waals surface area (Å²) in [6.07, 6.45) is 28.2. The molecule has 47 heteroatoms. The van der Waals surface area contributed by atoms with Crippen LogP contribution >= 0.6 is 48.5 Å². The molecule has 0 atom stereocenters. The second-order valence-electron chi connectivity index (χ2n) is 37.0. The van der Waals surface area contributed by atoms with Crippen LogP contribution in [0.3, 0.4) is 0 Å². The summed E-state index contributed by atoms with van der Waals surface area (Å²) in [7, 11) is -11.8. The maximum Gasteiger partial charge on any atom is 1.00 e. The van der Waals surface area contributed by atoms with Crippen LogP contribution in [0.5, 0.6) is 0 Å². The maximum atomic E-state index is 13.3. The monoisotopic (exact) mass is 2150 g/mol. The van der Waals surface area contributed by atoms with Gasteiger partial charge in [0.15, 0.2) is 39.5 Å². The summed E-state index contributed by atoms with van der Waals surface area (Å²) >= 11 is -1.92. The van der Waals surface area contributed by atoms with E-state index in [0.29, 0.717) is 72.4 Å². The molecule has 0 spiro atoms. The molecule has 16 aliphatic carbocycles. The summed E-state index contributed by atoms with van der Waals surface area (Å²) in [6.45, 7) is 0.563. The molecule has 6 aromatic rings. The van der Waals surface area contributed by atoms with E-state index in [9.17, 15) is 114 Å². The number of aliphatic carboxylic acids is 1. The Kier molecular flexibility index (Phi) is 49.2. The van der Waals surface area contributed by atoms with Crippen molar-refractivity contribution in [2.75, 3.05) is 33.5 Å². The van der Waals surface area contributed by atoms with Gasteiger partial charge < -0.3 is 49.5 Å². The predicted molar refractivity (Wildman–Crippen MR) is 473 cm³/mol. The second-order valence-corrected chi connectivity index (χ2v) is 46.3. The van der Waals surface area contributed by atoms with Crippen LogP contribution in [0.1, 0.15) is 162 Å². The summed E-state index contributed by atoms with van der Waals surface area (Å²) in [5.41, 5.74) is 0.0257. The number of rotatable bonds is 29. The molecular weight excluding hydrogens is 2040 g/mol. The third-order valence-electron chi connectivity index (χ3n) is 26.9. The molecule has 0 unspecified atom stereocenters. The second kappa shape index (κ2) is 55.1. The molecule has 0 radical (unpaired) electrons. The first-order valence-electron chi connectivity index (χ1n) is 43.3. The van der Waals surface area contributed by atoms with Crippen LogP contribution in [0.15, 0.2) is 211 Å². The Morgan fingerprint density at radius 2 is 0.540 bits per heavy atom. The molecule has 0 aliphatic heterocycles. The van der Waals surface area contributed by atoms with Gasteiger partial charge in [-0.1, -0.05) is 121 Å². The molecule has 2 N–H and O–H groups in total. The number of hydrogen-bond acceptors (Lipinski definition) is 27. The van der Waals surface area contributed by atoms with Crippen molar-refractivity contribution in [3.63, 3.8) is 0 Å². The molecule has 22 rings (SSSR count). The van der Waals surface area contributed by atoms with E-state index >= 15 is 0 Å². The third kappa shape index (κ3) is 34.2. The fourth-order valence-corrected chi connectivity index (χ4v) is 29.0.